The summed E-state index contributed by atoms with van der Waals surface area (Å²) >= 11 is 0. The molecule has 6 nitrogen and oxygen atoms in total. The molecule has 0 unspecified atom stereocenters. The highest BCUT2D eigenvalue weighted by molar-refractivity contribution is 7.89. The summed E-state index contributed by atoms with van der Waals surface area (Å²) in [6.45, 7) is 1.38. The Labute approximate surface area is 152 Å². The van der Waals surface area contributed by atoms with E-state index in [0.717, 1.165) is 16.6 Å². The second-order valence-electron chi connectivity index (χ2n) is 6.20. The molecule has 0 radical (unpaired) electrons. The van der Waals surface area contributed by atoms with Crippen molar-refractivity contribution in [3.8, 4) is 11.5 Å². The van der Waals surface area contributed by atoms with Crippen LogP contribution in [0, 0.1) is 0 Å². The van der Waals surface area contributed by atoms with E-state index in [1.807, 2.05) is 18.2 Å². The van der Waals surface area contributed by atoms with Gasteiger partial charge in [0, 0.05) is 30.4 Å². The number of aromatic nitrogens is 1. The molecule has 0 spiro atoms. The van der Waals surface area contributed by atoms with Gasteiger partial charge in [-0.2, -0.15) is 4.31 Å². The summed E-state index contributed by atoms with van der Waals surface area (Å²) < 4.78 is 40.5. The van der Waals surface area contributed by atoms with Crippen LogP contribution >= 0.6 is 0 Å². The fourth-order valence-electron chi connectivity index (χ4n) is 3.47. The van der Waals surface area contributed by atoms with E-state index in [1.54, 1.807) is 12.1 Å². The van der Waals surface area contributed by atoms with Crippen LogP contribution in [0.5, 0.6) is 11.5 Å². The molecule has 136 valence electrons. The number of ether oxygens (including phenoxy) is 2. The smallest absolute Gasteiger partial charge is 0.247 e. The number of sulfonamides is 1. The SMILES string of the molecule is COc1ccc(S(=O)(=O)N2CCn3c(cc4ccccc43)C2)c(OC)c1. The van der Waals surface area contributed by atoms with Crippen molar-refractivity contribution in [3.05, 3.63) is 54.2 Å². The summed E-state index contributed by atoms with van der Waals surface area (Å²) in [5.41, 5.74) is 2.13. The maximum atomic E-state index is 13.2. The largest absolute Gasteiger partial charge is 0.497 e. The van der Waals surface area contributed by atoms with Crippen molar-refractivity contribution < 1.29 is 17.9 Å². The van der Waals surface area contributed by atoms with Gasteiger partial charge in [-0.1, -0.05) is 18.2 Å². The minimum Gasteiger partial charge on any atom is -0.497 e. The number of fused-ring (bicyclic) bond motifs is 3. The topological polar surface area (TPSA) is 60.8 Å². The third-order valence-electron chi connectivity index (χ3n) is 4.80. The lowest BCUT2D eigenvalue weighted by atomic mass is 10.2. The minimum atomic E-state index is -3.67. The molecule has 0 amide bonds. The first kappa shape index (κ1) is 16.9. The molecule has 0 bridgehead atoms. The molecule has 0 saturated heterocycles. The van der Waals surface area contributed by atoms with E-state index in [1.165, 1.54) is 24.6 Å². The summed E-state index contributed by atoms with van der Waals surface area (Å²) in [4.78, 5) is 0.158. The number of methoxy groups -OCH3 is 2. The van der Waals surface area contributed by atoms with Gasteiger partial charge in [-0.25, -0.2) is 8.42 Å². The Balaban J connectivity index is 1.72. The van der Waals surface area contributed by atoms with Crippen LogP contribution < -0.4 is 9.47 Å². The quantitative estimate of drug-likeness (QED) is 0.707. The Kier molecular flexibility index (Phi) is 4.13. The Morgan fingerprint density at radius 1 is 0.962 bits per heavy atom. The molecule has 4 rings (SSSR count). The molecule has 2 aromatic carbocycles. The fraction of sp³-hybridized carbons (Fsp3) is 0.263. The van der Waals surface area contributed by atoms with Gasteiger partial charge in [0.05, 0.1) is 20.8 Å². The lowest BCUT2D eigenvalue weighted by Gasteiger charge is -2.28. The summed E-state index contributed by atoms with van der Waals surface area (Å²) in [7, 11) is -0.676. The second kappa shape index (κ2) is 6.34. The predicted molar refractivity (Wildman–Crippen MR) is 99.1 cm³/mol. The second-order valence-corrected chi connectivity index (χ2v) is 8.11. The zero-order valence-corrected chi connectivity index (χ0v) is 15.5. The van der Waals surface area contributed by atoms with E-state index in [-0.39, 0.29) is 10.6 Å². The Morgan fingerprint density at radius 3 is 2.54 bits per heavy atom. The molecular weight excluding hydrogens is 352 g/mol. The van der Waals surface area contributed by atoms with Gasteiger partial charge in [0.25, 0.3) is 0 Å². The van der Waals surface area contributed by atoms with Gasteiger partial charge in [0.15, 0.2) is 0 Å². The number of nitrogens with zero attached hydrogens (tertiary/aromatic N) is 2. The third kappa shape index (κ3) is 2.64. The Morgan fingerprint density at radius 2 is 1.77 bits per heavy atom. The van der Waals surface area contributed by atoms with Crippen molar-refractivity contribution >= 4 is 20.9 Å². The lowest BCUT2D eigenvalue weighted by Crippen LogP contribution is -2.38. The van der Waals surface area contributed by atoms with Gasteiger partial charge in [0.2, 0.25) is 10.0 Å². The average Bonchev–Trinajstić information content (AvgIpc) is 3.05. The van der Waals surface area contributed by atoms with Gasteiger partial charge in [-0.05, 0) is 29.7 Å². The number of hydrogen-bond donors (Lipinski definition) is 0. The standard InChI is InChI=1S/C19H20N2O4S/c1-24-16-7-8-19(18(12-16)25-2)26(22,23)20-9-10-21-15(13-20)11-14-5-3-4-6-17(14)21/h3-8,11-12H,9-10,13H2,1-2H3. The molecule has 26 heavy (non-hydrogen) atoms. The highest BCUT2D eigenvalue weighted by Crippen LogP contribution is 2.33. The van der Waals surface area contributed by atoms with Crippen molar-refractivity contribution in [3.63, 3.8) is 0 Å². The molecular formula is C19H20N2O4S. The zero-order chi connectivity index (χ0) is 18.3. The monoisotopic (exact) mass is 372 g/mol. The number of hydrogen-bond acceptors (Lipinski definition) is 4. The van der Waals surface area contributed by atoms with Crippen LogP contribution in [0.15, 0.2) is 53.4 Å². The van der Waals surface area contributed by atoms with Gasteiger partial charge < -0.3 is 14.0 Å². The van der Waals surface area contributed by atoms with Gasteiger partial charge >= 0.3 is 0 Å². The van der Waals surface area contributed by atoms with E-state index in [2.05, 4.69) is 16.7 Å². The predicted octanol–water partition coefficient (Wildman–Crippen LogP) is 2.86. The summed E-state index contributed by atoms with van der Waals surface area (Å²) in [5, 5.41) is 1.13. The Hall–Kier alpha value is -2.51. The normalized spacial score (nSPS) is 15.0. The molecule has 0 aliphatic carbocycles. The van der Waals surface area contributed by atoms with Crippen LogP contribution in [-0.2, 0) is 23.1 Å². The van der Waals surface area contributed by atoms with Crippen molar-refractivity contribution in [2.24, 2.45) is 0 Å². The van der Waals surface area contributed by atoms with Gasteiger partial charge in [0.1, 0.15) is 16.4 Å². The van der Waals surface area contributed by atoms with Crippen molar-refractivity contribution in [1.29, 1.82) is 0 Å². The molecule has 1 aromatic heterocycles. The summed E-state index contributed by atoms with van der Waals surface area (Å²) in [6, 6.07) is 14.9. The number of benzene rings is 2. The zero-order valence-electron chi connectivity index (χ0n) is 14.7. The molecule has 3 aromatic rings. The first-order chi connectivity index (χ1) is 12.5. The molecule has 0 atom stereocenters. The molecule has 7 heteroatoms. The first-order valence-electron chi connectivity index (χ1n) is 8.34. The average molecular weight is 372 g/mol. The van der Waals surface area contributed by atoms with Crippen LogP contribution in [0.1, 0.15) is 5.69 Å². The van der Waals surface area contributed by atoms with E-state index < -0.39 is 10.0 Å². The maximum absolute atomic E-state index is 13.2. The highest BCUT2D eigenvalue weighted by atomic mass is 32.2. The van der Waals surface area contributed by atoms with Crippen LogP contribution in [0.2, 0.25) is 0 Å². The third-order valence-corrected chi connectivity index (χ3v) is 6.68. The highest BCUT2D eigenvalue weighted by Gasteiger charge is 2.31. The van der Waals surface area contributed by atoms with Crippen LogP contribution in [0.25, 0.3) is 10.9 Å². The molecule has 0 fully saturated rings. The summed E-state index contributed by atoms with van der Waals surface area (Å²) in [5.74, 6) is 0.843. The fourth-order valence-corrected chi connectivity index (χ4v) is 5.01. The summed E-state index contributed by atoms with van der Waals surface area (Å²) in [6.07, 6.45) is 0. The molecule has 1 aliphatic heterocycles. The minimum absolute atomic E-state index is 0.158. The van der Waals surface area contributed by atoms with Crippen molar-refractivity contribution in [2.45, 2.75) is 18.0 Å². The molecule has 1 aliphatic rings. The van der Waals surface area contributed by atoms with Gasteiger partial charge in [-0.3, -0.25) is 0 Å². The number of para-hydroxylation sites is 1. The van der Waals surface area contributed by atoms with E-state index in [4.69, 9.17) is 9.47 Å². The lowest BCUT2D eigenvalue weighted by molar-refractivity contribution is 0.340. The van der Waals surface area contributed by atoms with E-state index >= 15 is 0 Å². The van der Waals surface area contributed by atoms with Crippen molar-refractivity contribution in [2.75, 3.05) is 20.8 Å². The molecule has 0 saturated carbocycles. The van der Waals surface area contributed by atoms with E-state index in [9.17, 15) is 8.42 Å². The molecule has 2 heterocycles. The first-order valence-corrected chi connectivity index (χ1v) is 9.78. The Bertz CT molecular complexity index is 1070. The van der Waals surface area contributed by atoms with E-state index in [0.29, 0.717) is 25.4 Å². The van der Waals surface area contributed by atoms with Gasteiger partial charge in [-0.15, -0.1) is 0 Å². The van der Waals surface area contributed by atoms with Crippen molar-refractivity contribution in [1.82, 2.24) is 8.87 Å². The van der Waals surface area contributed by atoms with Crippen LogP contribution in [0.3, 0.4) is 0 Å². The number of rotatable bonds is 4. The molecule has 0 N–H and O–H groups in total. The van der Waals surface area contributed by atoms with Crippen LogP contribution in [-0.4, -0.2) is 38.1 Å². The maximum Gasteiger partial charge on any atom is 0.247 e. The van der Waals surface area contributed by atoms with Crippen LogP contribution in [0.4, 0.5) is 0 Å².